The van der Waals surface area contributed by atoms with Crippen molar-refractivity contribution < 1.29 is 9.84 Å². The zero-order valence-corrected chi connectivity index (χ0v) is 13.0. The number of hydrogen-bond acceptors (Lipinski definition) is 2. The van der Waals surface area contributed by atoms with Crippen LogP contribution in [0.3, 0.4) is 0 Å². The van der Waals surface area contributed by atoms with Gasteiger partial charge in [-0.1, -0.05) is 33.3 Å². The van der Waals surface area contributed by atoms with Gasteiger partial charge in [-0.25, -0.2) is 0 Å². The smallest absolute Gasteiger partial charge is 0.133 e. The lowest BCUT2D eigenvalue weighted by Crippen LogP contribution is -2.09. The van der Waals surface area contributed by atoms with Gasteiger partial charge in [0.2, 0.25) is 0 Å². The van der Waals surface area contributed by atoms with E-state index in [4.69, 9.17) is 4.74 Å². The molecule has 1 N–H and O–H groups in total. The molecule has 0 fully saturated rings. The molecular weight excluding hydrogens is 292 g/mol. The Morgan fingerprint density at radius 3 is 2.56 bits per heavy atom. The molecule has 2 nitrogen and oxygen atoms in total. The van der Waals surface area contributed by atoms with Crippen LogP contribution in [0.1, 0.15) is 51.7 Å². The van der Waals surface area contributed by atoms with Crippen LogP contribution in [0.25, 0.3) is 0 Å². The summed E-state index contributed by atoms with van der Waals surface area (Å²) in [5.41, 5.74) is 0.951. The maximum atomic E-state index is 10.2. The molecule has 0 saturated heterocycles. The van der Waals surface area contributed by atoms with Crippen LogP contribution >= 0.6 is 15.9 Å². The molecule has 102 valence electrons. The molecule has 2 unspecified atom stereocenters. The molecule has 0 aliphatic rings. The number of rotatable bonds is 7. The fraction of sp³-hybridized carbons (Fsp3) is 0.600. The van der Waals surface area contributed by atoms with E-state index in [1.807, 2.05) is 18.2 Å². The molecule has 0 amide bonds. The summed E-state index contributed by atoms with van der Waals surface area (Å²) in [5.74, 6) is 1.13. The topological polar surface area (TPSA) is 29.5 Å². The van der Waals surface area contributed by atoms with Gasteiger partial charge in [-0.05, 0) is 52.4 Å². The standard InChI is InChI=1S/C15H23BrO2/c1-4-6-11(3)15(17)12-7-8-14(13(16)10-12)18-9-5-2/h7-8,10-11,15,17H,4-6,9H2,1-3H3. The largest absolute Gasteiger partial charge is 0.492 e. The normalized spacial score (nSPS) is 14.3. The third kappa shape index (κ3) is 4.29. The first-order chi connectivity index (χ1) is 8.60. The van der Waals surface area contributed by atoms with Gasteiger partial charge in [0.05, 0.1) is 17.2 Å². The van der Waals surface area contributed by atoms with Gasteiger partial charge in [0.15, 0.2) is 0 Å². The lowest BCUT2D eigenvalue weighted by atomic mass is 9.94. The fourth-order valence-corrected chi connectivity index (χ4v) is 2.48. The van der Waals surface area contributed by atoms with Crippen molar-refractivity contribution in [3.63, 3.8) is 0 Å². The average Bonchev–Trinajstić information content (AvgIpc) is 2.36. The molecule has 0 radical (unpaired) electrons. The van der Waals surface area contributed by atoms with Gasteiger partial charge < -0.3 is 9.84 Å². The number of halogens is 1. The fourth-order valence-electron chi connectivity index (χ4n) is 1.97. The predicted molar refractivity (Wildman–Crippen MR) is 79.0 cm³/mol. The van der Waals surface area contributed by atoms with Crippen molar-refractivity contribution in [2.75, 3.05) is 6.61 Å². The van der Waals surface area contributed by atoms with Crippen molar-refractivity contribution in [3.05, 3.63) is 28.2 Å². The second kappa shape index (κ2) is 7.80. The quantitative estimate of drug-likeness (QED) is 0.790. The van der Waals surface area contributed by atoms with Gasteiger partial charge in [-0.15, -0.1) is 0 Å². The van der Waals surface area contributed by atoms with Crippen LogP contribution in [0.5, 0.6) is 5.75 Å². The van der Waals surface area contributed by atoms with Crippen LogP contribution in [-0.4, -0.2) is 11.7 Å². The van der Waals surface area contributed by atoms with E-state index in [0.717, 1.165) is 35.0 Å². The molecule has 0 bridgehead atoms. The molecular formula is C15H23BrO2. The van der Waals surface area contributed by atoms with Gasteiger partial charge in [-0.3, -0.25) is 0 Å². The van der Waals surface area contributed by atoms with E-state index in [-0.39, 0.29) is 5.92 Å². The van der Waals surface area contributed by atoms with Crippen LogP contribution in [0.4, 0.5) is 0 Å². The lowest BCUT2D eigenvalue weighted by molar-refractivity contribution is 0.112. The summed E-state index contributed by atoms with van der Waals surface area (Å²) in [4.78, 5) is 0. The Bertz CT molecular complexity index is 366. The van der Waals surface area contributed by atoms with Crippen LogP contribution in [0.2, 0.25) is 0 Å². The Labute approximate surface area is 118 Å². The summed E-state index contributed by atoms with van der Waals surface area (Å²) < 4.78 is 6.51. The highest BCUT2D eigenvalue weighted by atomic mass is 79.9. The Morgan fingerprint density at radius 2 is 2.00 bits per heavy atom. The summed E-state index contributed by atoms with van der Waals surface area (Å²) in [5, 5.41) is 10.2. The first kappa shape index (κ1) is 15.5. The van der Waals surface area contributed by atoms with Gasteiger partial charge in [0.25, 0.3) is 0 Å². The second-order valence-electron chi connectivity index (χ2n) is 4.75. The third-order valence-corrected chi connectivity index (χ3v) is 3.66. The molecule has 0 spiro atoms. The van der Waals surface area contributed by atoms with Gasteiger partial charge in [0, 0.05) is 0 Å². The van der Waals surface area contributed by atoms with E-state index in [9.17, 15) is 5.11 Å². The van der Waals surface area contributed by atoms with Crippen molar-refractivity contribution in [1.29, 1.82) is 0 Å². The summed E-state index contributed by atoms with van der Waals surface area (Å²) in [7, 11) is 0. The lowest BCUT2D eigenvalue weighted by Gasteiger charge is -2.19. The van der Waals surface area contributed by atoms with Crippen molar-refractivity contribution in [2.45, 2.75) is 46.1 Å². The average molecular weight is 315 g/mol. The highest BCUT2D eigenvalue weighted by Crippen LogP contribution is 2.32. The monoisotopic (exact) mass is 314 g/mol. The summed E-state index contributed by atoms with van der Waals surface area (Å²) in [6.07, 6.45) is 2.72. The minimum atomic E-state index is -0.401. The van der Waals surface area contributed by atoms with Gasteiger partial charge >= 0.3 is 0 Å². The molecule has 2 atom stereocenters. The number of aliphatic hydroxyl groups excluding tert-OH is 1. The van der Waals surface area contributed by atoms with Crippen molar-refractivity contribution in [2.24, 2.45) is 5.92 Å². The molecule has 1 aromatic carbocycles. The van der Waals surface area contributed by atoms with E-state index < -0.39 is 6.10 Å². The summed E-state index contributed by atoms with van der Waals surface area (Å²) in [6.45, 7) is 7.02. The van der Waals surface area contributed by atoms with Gasteiger partial charge in [-0.2, -0.15) is 0 Å². The van der Waals surface area contributed by atoms with E-state index in [1.165, 1.54) is 0 Å². The second-order valence-corrected chi connectivity index (χ2v) is 5.60. The third-order valence-electron chi connectivity index (χ3n) is 3.04. The minimum absolute atomic E-state index is 0.282. The molecule has 0 aliphatic heterocycles. The van der Waals surface area contributed by atoms with Crippen LogP contribution < -0.4 is 4.74 Å². The molecule has 1 aromatic rings. The number of hydrogen-bond donors (Lipinski definition) is 1. The highest BCUT2D eigenvalue weighted by molar-refractivity contribution is 9.10. The zero-order valence-electron chi connectivity index (χ0n) is 11.4. The Morgan fingerprint density at radius 1 is 1.28 bits per heavy atom. The molecule has 0 aromatic heterocycles. The first-order valence-electron chi connectivity index (χ1n) is 6.70. The molecule has 3 heteroatoms. The number of ether oxygens (including phenoxy) is 1. The first-order valence-corrected chi connectivity index (χ1v) is 7.49. The van der Waals surface area contributed by atoms with Crippen LogP contribution in [-0.2, 0) is 0 Å². The Balaban J connectivity index is 2.76. The van der Waals surface area contributed by atoms with E-state index in [1.54, 1.807) is 0 Å². The van der Waals surface area contributed by atoms with Crippen molar-refractivity contribution in [1.82, 2.24) is 0 Å². The van der Waals surface area contributed by atoms with E-state index in [2.05, 4.69) is 36.7 Å². The van der Waals surface area contributed by atoms with Crippen LogP contribution in [0, 0.1) is 5.92 Å². The maximum absolute atomic E-state index is 10.2. The van der Waals surface area contributed by atoms with E-state index >= 15 is 0 Å². The minimum Gasteiger partial charge on any atom is -0.492 e. The molecule has 18 heavy (non-hydrogen) atoms. The highest BCUT2D eigenvalue weighted by Gasteiger charge is 2.16. The van der Waals surface area contributed by atoms with Gasteiger partial charge in [0.1, 0.15) is 5.75 Å². The van der Waals surface area contributed by atoms with Crippen molar-refractivity contribution >= 4 is 15.9 Å². The maximum Gasteiger partial charge on any atom is 0.133 e. The summed E-state index contributed by atoms with van der Waals surface area (Å²) >= 11 is 3.50. The predicted octanol–water partition coefficient (Wildman–Crippen LogP) is 4.71. The molecule has 0 heterocycles. The van der Waals surface area contributed by atoms with Crippen LogP contribution in [0.15, 0.2) is 22.7 Å². The molecule has 0 aliphatic carbocycles. The summed E-state index contributed by atoms with van der Waals surface area (Å²) in [6, 6.07) is 5.84. The number of aliphatic hydroxyl groups is 1. The number of benzene rings is 1. The Hall–Kier alpha value is -0.540. The molecule has 1 rings (SSSR count). The SMILES string of the molecule is CCCOc1ccc(C(O)C(C)CCC)cc1Br. The Kier molecular flexibility index (Phi) is 6.72. The van der Waals surface area contributed by atoms with E-state index in [0.29, 0.717) is 6.61 Å². The molecule has 0 saturated carbocycles. The zero-order chi connectivity index (χ0) is 13.5. The van der Waals surface area contributed by atoms with Crippen molar-refractivity contribution in [3.8, 4) is 5.75 Å².